The van der Waals surface area contributed by atoms with E-state index in [4.69, 9.17) is 4.74 Å². The lowest BCUT2D eigenvalue weighted by Gasteiger charge is -2.28. The van der Waals surface area contributed by atoms with Crippen LogP contribution in [0.5, 0.6) is 0 Å². The number of anilines is 2. The average molecular weight is 324 g/mol. The number of carbonyl (C=O) groups is 1. The lowest BCUT2D eigenvalue weighted by Crippen LogP contribution is -2.42. The van der Waals surface area contributed by atoms with E-state index in [1.165, 1.54) is 0 Å². The van der Waals surface area contributed by atoms with Crippen LogP contribution in [0.2, 0.25) is 0 Å². The Bertz CT molecular complexity index is 835. The number of azo groups is 1. The molecule has 2 aliphatic rings. The number of carbonyl (C=O) groups excluding carboxylic acids is 1. The van der Waals surface area contributed by atoms with Gasteiger partial charge in [-0.2, -0.15) is 10.2 Å². The lowest BCUT2D eigenvalue weighted by atomic mass is 10.0. The van der Waals surface area contributed by atoms with Crippen LogP contribution in [0.25, 0.3) is 11.3 Å². The van der Waals surface area contributed by atoms with Crippen molar-refractivity contribution in [1.82, 2.24) is 9.97 Å². The van der Waals surface area contributed by atoms with Crippen molar-refractivity contribution in [3.63, 3.8) is 0 Å². The molecule has 0 saturated heterocycles. The van der Waals surface area contributed by atoms with Crippen LogP contribution >= 0.6 is 0 Å². The minimum atomic E-state index is -0.0470. The first-order chi connectivity index (χ1) is 11.8. The van der Waals surface area contributed by atoms with Crippen molar-refractivity contribution in [3.05, 3.63) is 30.0 Å². The molecule has 8 nitrogen and oxygen atoms in total. The molecule has 0 aliphatic carbocycles. The summed E-state index contributed by atoms with van der Waals surface area (Å²) in [5, 5.41) is 11.2. The number of benzene rings is 1. The molecule has 122 valence electrons. The number of nitrogens with one attached hydrogen (secondary N) is 1. The number of ether oxygens (including phenoxy) is 1. The normalized spacial score (nSPS) is 15.2. The van der Waals surface area contributed by atoms with Gasteiger partial charge >= 0.3 is 0 Å². The maximum atomic E-state index is 12.2. The lowest BCUT2D eigenvalue weighted by molar-refractivity contribution is -0.117. The highest BCUT2D eigenvalue weighted by Gasteiger charge is 2.27. The molecule has 0 fully saturated rings. The summed E-state index contributed by atoms with van der Waals surface area (Å²) in [5.74, 6) is 1.09. The van der Waals surface area contributed by atoms with E-state index in [-0.39, 0.29) is 12.5 Å². The largest absolute Gasteiger partial charge is 0.383 e. The Morgan fingerprint density at radius 2 is 2.29 bits per heavy atom. The molecule has 0 bridgehead atoms. The second-order valence-corrected chi connectivity index (χ2v) is 5.52. The summed E-state index contributed by atoms with van der Waals surface area (Å²) in [6.45, 7) is 1.63. The summed E-state index contributed by atoms with van der Waals surface area (Å²) in [7, 11) is 1.61. The summed E-state index contributed by atoms with van der Waals surface area (Å²) in [4.78, 5) is 23.0. The molecule has 0 radical (unpaired) electrons. The Morgan fingerprint density at radius 1 is 1.38 bits per heavy atom. The Labute approximate surface area is 138 Å². The average Bonchev–Trinajstić information content (AvgIpc) is 3.09. The monoisotopic (exact) mass is 324 g/mol. The van der Waals surface area contributed by atoms with Crippen LogP contribution in [0, 0.1) is 0 Å². The van der Waals surface area contributed by atoms with Gasteiger partial charge in [0, 0.05) is 18.2 Å². The van der Waals surface area contributed by atoms with Crippen molar-refractivity contribution in [2.24, 2.45) is 10.2 Å². The molecule has 0 unspecified atom stereocenters. The van der Waals surface area contributed by atoms with E-state index in [1.54, 1.807) is 18.2 Å². The molecule has 2 aliphatic heterocycles. The highest BCUT2D eigenvalue weighted by molar-refractivity contribution is 6.01. The third kappa shape index (κ3) is 2.41. The Morgan fingerprint density at radius 3 is 3.17 bits per heavy atom. The number of aromatic nitrogens is 2. The zero-order valence-electron chi connectivity index (χ0n) is 13.2. The standard InChI is InChI=1S/C16H16N6O2/c1-24-6-5-22-14(23)9-18-15-16(22)20-13(8-17-15)10-3-2-4-12-11(10)7-19-21-12/h2-4,8H,5-7,9H2,1H3,(H,17,18). The third-order valence-corrected chi connectivity index (χ3v) is 4.07. The van der Waals surface area contributed by atoms with E-state index >= 15 is 0 Å². The number of nitrogens with zero attached hydrogens (tertiary/aromatic N) is 5. The van der Waals surface area contributed by atoms with Gasteiger partial charge in [0.05, 0.1) is 43.8 Å². The summed E-state index contributed by atoms with van der Waals surface area (Å²) in [6, 6.07) is 5.83. The minimum absolute atomic E-state index is 0.0470. The van der Waals surface area contributed by atoms with E-state index in [9.17, 15) is 4.79 Å². The molecule has 1 aromatic heterocycles. The van der Waals surface area contributed by atoms with Crippen LogP contribution in [-0.4, -0.2) is 42.7 Å². The van der Waals surface area contributed by atoms with Gasteiger partial charge in [0.1, 0.15) is 0 Å². The molecule has 24 heavy (non-hydrogen) atoms. The maximum Gasteiger partial charge on any atom is 0.247 e. The number of hydrogen-bond donors (Lipinski definition) is 1. The highest BCUT2D eigenvalue weighted by atomic mass is 16.5. The van der Waals surface area contributed by atoms with Gasteiger partial charge in [0.25, 0.3) is 0 Å². The van der Waals surface area contributed by atoms with E-state index in [0.717, 1.165) is 16.8 Å². The number of rotatable bonds is 4. The molecule has 4 rings (SSSR count). The van der Waals surface area contributed by atoms with Gasteiger partial charge in [-0.05, 0) is 6.07 Å². The van der Waals surface area contributed by atoms with Crippen molar-refractivity contribution in [2.45, 2.75) is 6.54 Å². The molecular formula is C16H16N6O2. The second-order valence-electron chi connectivity index (χ2n) is 5.52. The molecular weight excluding hydrogens is 308 g/mol. The molecule has 1 aromatic carbocycles. The van der Waals surface area contributed by atoms with Crippen LogP contribution in [-0.2, 0) is 16.1 Å². The minimum Gasteiger partial charge on any atom is -0.383 e. The van der Waals surface area contributed by atoms with Gasteiger partial charge in [-0.25, -0.2) is 9.97 Å². The van der Waals surface area contributed by atoms with Crippen molar-refractivity contribution in [1.29, 1.82) is 0 Å². The fraction of sp³-hybridized carbons (Fsp3) is 0.312. The Kier molecular flexibility index (Phi) is 3.66. The van der Waals surface area contributed by atoms with Gasteiger partial charge in [-0.3, -0.25) is 9.69 Å². The number of methoxy groups -OCH3 is 1. The number of fused-ring (bicyclic) bond motifs is 2. The fourth-order valence-electron chi connectivity index (χ4n) is 2.86. The van der Waals surface area contributed by atoms with Crippen molar-refractivity contribution < 1.29 is 9.53 Å². The molecule has 0 atom stereocenters. The van der Waals surface area contributed by atoms with E-state index in [0.29, 0.717) is 37.0 Å². The predicted molar refractivity (Wildman–Crippen MR) is 88.4 cm³/mol. The maximum absolute atomic E-state index is 12.2. The first-order valence-electron chi connectivity index (χ1n) is 7.68. The number of amides is 1. The van der Waals surface area contributed by atoms with Crippen molar-refractivity contribution in [3.8, 4) is 11.3 Å². The highest BCUT2D eigenvalue weighted by Crippen LogP contribution is 2.36. The predicted octanol–water partition coefficient (Wildman–Crippen LogP) is 2.15. The zero-order chi connectivity index (χ0) is 16.5. The van der Waals surface area contributed by atoms with E-state index in [1.807, 2.05) is 18.2 Å². The topological polar surface area (TPSA) is 92.1 Å². The van der Waals surface area contributed by atoms with Gasteiger partial charge in [0.2, 0.25) is 5.91 Å². The van der Waals surface area contributed by atoms with Crippen LogP contribution in [0.1, 0.15) is 5.56 Å². The molecule has 2 aromatic rings. The second kappa shape index (κ2) is 5.97. The molecule has 8 heteroatoms. The molecule has 0 saturated carbocycles. The zero-order valence-corrected chi connectivity index (χ0v) is 13.2. The molecule has 1 amide bonds. The number of hydrogen-bond acceptors (Lipinski definition) is 7. The first kappa shape index (κ1) is 14.7. The van der Waals surface area contributed by atoms with Crippen molar-refractivity contribution >= 4 is 23.2 Å². The van der Waals surface area contributed by atoms with Crippen LogP contribution in [0.3, 0.4) is 0 Å². The van der Waals surface area contributed by atoms with Gasteiger partial charge in [-0.15, -0.1) is 0 Å². The summed E-state index contributed by atoms with van der Waals surface area (Å²) >= 11 is 0. The smallest absolute Gasteiger partial charge is 0.247 e. The van der Waals surface area contributed by atoms with Crippen molar-refractivity contribution in [2.75, 3.05) is 37.0 Å². The quantitative estimate of drug-likeness (QED) is 0.930. The Balaban J connectivity index is 1.77. The Hall–Kier alpha value is -2.87. The first-order valence-corrected chi connectivity index (χ1v) is 7.68. The van der Waals surface area contributed by atoms with Gasteiger partial charge in [-0.1, -0.05) is 12.1 Å². The fourth-order valence-corrected chi connectivity index (χ4v) is 2.86. The molecule has 0 spiro atoms. The summed E-state index contributed by atoms with van der Waals surface area (Å²) < 4.78 is 5.10. The van der Waals surface area contributed by atoms with Crippen LogP contribution < -0.4 is 10.2 Å². The third-order valence-electron chi connectivity index (χ3n) is 4.07. The van der Waals surface area contributed by atoms with Gasteiger partial charge in [0.15, 0.2) is 11.6 Å². The van der Waals surface area contributed by atoms with Gasteiger partial charge < -0.3 is 10.1 Å². The molecule has 1 N–H and O–H groups in total. The molecule has 3 heterocycles. The summed E-state index contributed by atoms with van der Waals surface area (Å²) in [6.07, 6.45) is 1.71. The van der Waals surface area contributed by atoms with E-state index in [2.05, 4.69) is 25.5 Å². The van der Waals surface area contributed by atoms with Crippen LogP contribution in [0.4, 0.5) is 17.3 Å². The van der Waals surface area contributed by atoms with E-state index < -0.39 is 0 Å². The SMILES string of the molecule is COCCN1C(=O)CNc2ncc(-c3cccc4c3CN=N4)nc21. The van der Waals surface area contributed by atoms with Crippen LogP contribution in [0.15, 0.2) is 34.6 Å². The summed E-state index contributed by atoms with van der Waals surface area (Å²) in [5.41, 5.74) is 3.54.